The maximum absolute atomic E-state index is 12.2. The standard InChI is InChI=1S/C7H13F2O5P/c1-5(7(10)11)3-4-6(2)14-15(8,9,12)13/h3,6,12-13H,4H2,1-2H3,(H,10,11). The molecule has 0 bridgehead atoms. The van der Waals surface area contributed by atoms with Gasteiger partial charge in [-0.05, 0) is 0 Å². The average Bonchev–Trinajstić information content (AvgIpc) is 1.94. The van der Waals surface area contributed by atoms with Crippen molar-refractivity contribution >= 4 is 13.9 Å². The van der Waals surface area contributed by atoms with E-state index in [4.69, 9.17) is 14.9 Å². The number of hydrogen-bond acceptors (Lipinski definition) is 4. The van der Waals surface area contributed by atoms with Crippen LogP contribution in [-0.4, -0.2) is 27.0 Å². The van der Waals surface area contributed by atoms with Crippen molar-refractivity contribution < 1.29 is 32.6 Å². The predicted octanol–water partition coefficient (Wildman–Crippen LogP) is 1.86. The first-order chi connectivity index (χ1) is 6.47. The first kappa shape index (κ1) is 14.4. The van der Waals surface area contributed by atoms with Crippen molar-refractivity contribution in [1.82, 2.24) is 0 Å². The summed E-state index contributed by atoms with van der Waals surface area (Å²) >= 11 is 0. The molecule has 5 nitrogen and oxygen atoms in total. The summed E-state index contributed by atoms with van der Waals surface area (Å²) in [5.41, 5.74) is -0.0284. The Morgan fingerprint density at radius 3 is 2.33 bits per heavy atom. The summed E-state index contributed by atoms with van der Waals surface area (Å²) in [4.78, 5) is 26.6. The first-order valence-corrected chi connectivity index (χ1v) is 5.86. The Kier molecular flexibility index (Phi) is 4.30. The Bertz CT molecular complexity index is 274. The topological polar surface area (TPSA) is 87.0 Å². The SMILES string of the molecule is CC(=CCC(C)OP(O)(O)(F)F)C(=O)O. The van der Waals surface area contributed by atoms with E-state index in [9.17, 15) is 13.2 Å². The van der Waals surface area contributed by atoms with Gasteiger partial charge in [-0.3, -0.25) is 0 Å². The Morgan fingerprint density at radius 2 is 2.00 bits per heavy atom. The predicted molar refractivity (Wildman–Crippen MR) is 50.1 cm³/mol. The van der Waals surface area contributed by atoms with Gasteiger partial charge in [0.05, 0.1) is 0 Å². The number of hydrogen-bond donors (Lipinski definition) is 3. The van der Waals surface area contributed by atoms with Gasteiger partial charge in [0.1, 0.15) is 0 Å². The molecule has 0 aliphatic rings. The van der Waals surface area contributed by atoms with Crippen molar-refractivity contribution in [2.45, 2.75) is 26.4 Å². The van der Waals surface area contributed by atoms with Gasteiger partial charge < -0.3 is 0 Å². The zero-order valence-electron chi connectivity index (χ0n) is 8.22. The fourth-order valence-corrected chi connectivity index (χ4v) is 1.45. The fourth-order valence-electron chi connectivity index (χ4n) is 0.770. The van der Waals surface area contributed by atoms with Crippen molar-refractivity contribution in [3.8, 4) is 0 Å². The van der Waals surface area contributed by atoms with Crippen LogP contribution < -0.4 is 0 Å². The van der Waals surface area contributed by atoms with Gasteiger partial charge in [0.2, 0.25) is 0 Å². The molecule has 0 saturated carbocycles. The fraction of sp³-hybridized carbons (Fsp3) is 0.571. The van der Waals surface area contributed by atoms with E-state index in [2.05, 4.69) is 4.52 Å². The number of carbonyl (C=O) groups is 1. The summed E-state index contributed by atoms with van der Waals surface area (Å²) in [6.45, 7) is 2.47. The van der Waals surface area contributed by atoms with E-state index >= 15 is 0 Å². The number of aliphatic carboxylic acids is 1. The average molecular weight is 246 g/mol. The number of carboxylic acid groups (broad SMARTS) is 1. The second kappa shape index (κ2) is 4.49. The van der Waals surface area contributed by atoms with Crippen LogP contribution in [0.2, 0.25) is 0 Å². The Morgan fingerprint density at radius 1 is 1.53 bits per heavy atom. The minimum atomic E-state index is -6.95. The van der Waals surface area contributed by atoms with Gasteiger partial charge in [-0.2, -0.15) is 0 Å². The van der Waals surface area contributed by atoms with Gasteiger partial charge >= 0.3 is 84.5 Å². The Labute approximate surface area is 85.4 Å². The van der Waals surface area contributed by atoms with Crippen LogP contribution in [0, 0.1) is 0 Å². The second-order valence-electron chi connectivity index (χ2n) is 3.10. The van der Waals surface area contributed by atoms with Crippen molar-refractivity contribution in [2.24, 2.45) is 0 Å². The molecule has 1 unspecified atom stereocenters. The van der Waals surface area contributed by atoms with Crippen LogP contribution in [0.15, 0.2) is 11.6 Å². The molecular weight excluding hydrogens is 233 g/mol. The minimum absolute atomic E-state index is 0.0284. The van der Waals surface area contributed by atoms with Gasteiger partial charge in [-0.15, -0.1) is 0 Å². The maximum atomic E-state index is 12.2. The van der Waals surface area contributed by atoms with Crippen LogP contribution in [-0.2, 0) is 9.32 Å². The summed E-state index contributed by atoms with van der Waals surface area (Å²) < 4.78 is 28.2. The van der Waals surface area contributed by atoms with Crippen molar-refractivity contribution in [1.29, 1.82) is 0 Å². The van der Waals surface area contributed by atoms with E-state index in [1.54, 1.807) is 0 Å². The van der Waals surface area contributed by atoms with Crippen LogP contribution >= 0.6 is 7.91 Å². The first-order valence-electron chi connectivity index (χ1n) is 4.02. The molecule has 0 aromatic rings. The summed E-state index contributed by atoms with van der Waals surface area (Å²) in [5.74, 6) is -1.17. The monoisotopic (exact) mass is 246 g/mol. The molecule has 3 N–H and O–H groups in total. The molecule has 0 aromatic carbocycles. The molecule has 0 aliphatic carbocycles. The molecule has 8 heteroatoms. The summed E-state index contributed by atoms with van der Waals surface area (Å²) in [6, 6.07) is 0. The van der Waals surface area contributed by atoms with Crippen molar-refractivity contribution in [2.75, 3.05) is 0 Å². The van der Waals surface area contributed by atoms with Crippen LogP contribution in [0.1, 0.15) is 20.3 Å². The molecule has 90 valence electrons. The molecule has 0 amide bonds. The molecule has 0 saturated heterocycles. The molecular formula is C7H13F2O5P. The van der Waals surface area contributed by atoms with Gasteiger partial charge in [-0.25, -0.2) is 0 Å². The molecule has 0 heterocycles. The van der Waals surface area contributed by atoms with E-state index in [0.717, 1.165) is 6.08 Å². The third-order valence-corrected chi connectivity index (χ3v) is 2.16. The van der Waals surface area contributed by atoms with Crippen molar-refractivity contribution in [3.63, 3.8) is 0 Å². The van der Waals surface area contributed by atoms with Crippen LogP contribution in [0.5, 0.6) is 0 Å². The Hall–Kier alpha value is -0.620. The molecule has 1 atom stereocenters. The van der Waals surface area contributed by atoms with Gasteiger partial charge in [-0.1, -0.05) is 0 Å². The zero-order valence-corrected chi connectivity index (χ0v) is 9.12. The van der Waals surface area contributed by atoms with Gasteiger partial charge in [0, 0.05) is 0 Å². The van der Waals surface area contributed by atoms with Crippen molar-refractivity contribution in [3.05, 3.63) is 11.6 Å². The van der Waals surface area contributed by atoms with E-state index in [1.807, 2.05) is 0 Å². The van der Waals surface area contributed by atoms with E-state index in [1.165, 1.54) is 13.8 Å². The zero-order chi connectivity index (χ0) is 12.3. The molecule has 15 heavy (non-hydrogen) atoms. The molecule has 0 fully saturated rings. The molecule has 0 rings (SSSR count). The third-order valence-electron chi connectivity index (χ3n) is 1.45. The summed E-state index contributed by atoms with van der Waals surface area (Å²) in [6.07, 6.45) is -0.165. The second-order valence-corrected chi connectivity index (χ2v) is 4.83. The molecule has 0 radical (unpaired) electrons. The number of halogens is 2. The van der Waals surface area contributed by atoms with Gasteiger partial charge in [0.25, 0.3) is 0 Å². The summed E-state index contributed by atoms with van der Waals surface area (Å²) in [5, 5.41) is 8.43. The van der Waals surface area contributed by atoms with E-state index in [-0.39, 0.29) is 12.0 Å². The number of carboxylic acids is 1. The third kappa shape index (κ3) is 8.38. The molecule has 0 spiro atoms. The van der Waals surface area contributed by atoms with Crippen LogP contribution in [0.25, 0.3) is 0 Å². The summed E-state index contributed by atoms with van der Waals surface area (Å²) in [7, 11) is -6.95. The van der Waals surface area contributed by atoms with E-state index in [0.29, 0.717) is 0 Å². The number of rotatable bonds is 5. The quantitative estimate of drug-likeness (QED) is 0.509. The Balaban J connectivity index is 4.24. The normalized spacial score (nSPS) is 18.0. The molecule has 0 aromatic heterocycles. The van der Waals surface area contributed by atoms with E-state index < -0.39 is 20.0 Å². The molecule has 0 aliphatic heterocycles. The van der Waals surface area contributed by atoms with Gasteiger partial charge in [0.15, 0.2) is 0 Å². The van der Waals surface area contributed by atoms with Crippen LogP contribution in [0.3, 0.4) is 0 Å². The van der Waals surface area contributed by atoms with Crippen LogP contribution in [0.4, 0.5) is 8.39 Å².